The van der Waals surface area contributed by atoms with Gasteiger partial charge in [-0.2, -0.15) is 0 Å². The van der Waals surface area contributed by atoms with Crippen molar-refractivity contribution in [1.82, 2.24) is 9.47 Å². The first-order chi connectivity index (χ1) is 8.43. The molecule has 0 spiro atoms. The van der Waals surface area contributed by atoms with E-state index in [-0.39, 0.29) is 5.91 Å². The average Bonchev–Trinajstić information content (AvgIpc) is 2.68. The minimum atomic E-state index is -0.776. The van der Waals surface area contributed by atoms with Crippen molar-refractivity contribution >= 4 is 17.5 Å². The Labute approximate surface area is 112 Å². The van der Waals surface area contributed by atoms with E-state index >= 15 is 0 Å². The van der Waals surface area contributed by atoms with Crippen LogP contribution in [0, 0.1) is 0 Å². The molecule has 1 aromatic rings. The van der Waals surface area contributed by atoms with Crippen molar-refractivity contribution in [2.45, 2.75) is 38.8 Å². The second-order valence-electron chi connectivity index (χ2n) is 5.16. The summed E-state index contributed by atoms with van der Waals surface area (Å²) in [6, 6.07) is 1.69. The maximum Gasteiger partial charge on any atom is 0.270 e. The number of carbonyl (C=O) groups excluding carboxylic acids is 1. The molecule has 1 unspecified atom stereocenters. The van der Waals surface area contributed by atoms with E-state index in [1.807, 2.05) is 11.5 Å². The minimum Gasteiger partial charge on any atom is -0.388 e. The summed E-state index contributed by atoms with van der Waals surface area (Å²) in [5.41, 5.74) is -0.179. The Morgan fingerprint density at radius 2 is 2.33 bits per heavy atom. The molecule has 0 radical (unpaired) electrons. The quantitative estimate of drug-likeness (QED) is 0.895. The second kappa shape index (κ2) is 4.94. The molecule has 1 saturated heterocycles. The van der Waals surface area contributed by atoms with Gasteiger partial charge in [0.2, 0.25) is 0 Å². The van der Waals surface area contributed by atoms with Crippen LogP contribution < -0.4 is 0 Å². The maximum absolute atomic E-state index is 12.4. The van der Waals surface area contributed by atoms with Crippen molar-refractivity contribution < 1.29 is 9.90 Å². The van der Waals surface area contributed by atoms with Crippen LogP contribution in [0.15, 0.2) is 12.3 Å². The molecule has 1 atom stereocenters. The number of β-amino-alcohol motifs (C(OH)–C–C–N with tert-alkyl or cyclic N) is 1. The lowest BCUT2D eigenvalue weighted by atomic mass is 9.95. The average molecular weight is 271 g/mol. The Balaban J connectivity index is 2.20. The van der Waals surface area contributed by atoms with Crippen LogP contribution in [0.3, 0.4) is 0 Å². The van der Waals surface area contributed by atoms with Crippen LogP contribution in [0.25, 0.3) is 0 Å². The smallest absolute Gasteiger partial charge is 0.270 e. The Bertz CT molecular complexity index is 454. The highest BCUT2D eigenvalue weighted by molar-refractivity contribution is 6.31. The molecule has 1 N–H and O–H groups in total. The number of halogens is 1. The molecule has 1 aliphatic rings. The predicted octanol–water partition coefficient (Wildman–Crippen LogP) is 2.15. The summed E-state index contributed by atoms with van der Waals surface area (Å²) in [5.74, 6) is -0.0521. The molecular weight excluding hydrogens is 252 g/mol. The largest absolute Gasteiger partial charge is 0.388 e. The van der Waals surface area contributed by atoms with Crippen LogP contribution >= 0.6 is 11.6 Å². The van der Waals surface area contributed by atoms with Crippen molar-refractivity contribution in [2.75, 3.05) is 13.1 Å². The molecule has 2 rings (SSSR count). The van der Waals surface area contributed by atoms with Crippen molar-refractivity contribution in [3.8, 4) is 0 Å². The van der Waals surface area contributed by atoms with Crippen LogP contribution in [0.5, 0.6) is 0 Å². The number of nitrogens with zero attached hydrogens (tertiary/aromatic N) is 2. The van der Waals surface area contributed by atoms with Gasteiger partial charge >= 0.3 is 0 Å². The van der Waals surface area contributed by atoms with Crippen LogP contribution in [0.1, 0.15) is 37.2 Å². The number of hydrogen-bond acceptors (Lipinski definition) is 2. The molecule has 5 heteroatoms. The van der Waals surface area contributed by atoms with Gasteiger partial charge in [-0.25, -0.2) is 0 Å². The summed E-state index contributed by atoms with van der Waals surface area (Å²) in [6.07, 6.45) is 3.34. The Morgan fingerprint density at radius 1 is 1.61 bits per heavy atom. The van der Waals surface area contributed by atoms with E-state index in [1.54, 1.807) is 24.1 Å². The fraction of sp³-hybridized carbons (Fsp3) is 0.615. The van der Waals surface area contributed by atoms with Crippen molar-refractivity contribution in [3.05, 3.63) is 23.0 Å². The van der Waals surface area contributed by atoms with Crippen molar-refractivity contribution in [2.24, 2.45) is 0 Å². The topological polar surface area (TPSA) is 45.5 Å². The highest BCUT2D eigenvalue weighted by atomic mass is 35.5. The Hall–Kier alpha value is -1.00. The summed E-state index contributed by atoms with van der Waals surface area (Å²) in [7, 11) is 0. The van der Waals surface area contributed by atoms with Gasteiger partial charge in [-0.15, -0.1) is 0 Å². The third-order valence-electron chi connectivity index (χ3n) is 3.39. The van der Waals surface area contributed by atoms with Gasteiger partial charge in [0.05, 0.1) is 10.6 Å². The molecule has 2 heterocycles. The lowest BCUT2D eigenvalue weighted by Gasteiger charge is -2.36. The SMILES string of the molecule is CCn1cc(Cl)cc1C(=O)N1CCCC(C)(O)C1. The zero-order valence-electron chi connectivity index (χ0n) is 10.8. The van der Waals surface area contributed by atoms with Gasteiger partial charge in [0, 0.05) is 25.8 Å². The van der Waals surface area contributed by atoms with Crippen molar-refractivity contribution in [1.29, 1.82) is 0 Å². The zero-order chi connectivity index (χ0) is 13.3. The monoisotopic (exact) mass is 270 g/mol. The molecule has 1 fully saturated rings. The predicted molar refractivity (Wildman–Crippen MR) is 70.9 cm³/mol. The first kappa shape index (κ1) is 13.4. The van der Waals surface area contributed by atoms with Crippen LogP contribution in [0.4, 0.5) is 0 Å². The highest BCUT2D eigenvalue weighted by Crippen LogP contribution is 2.23. The first-order valence-corrected chi connectivity index (χ1v) is 6.68. The molecule has 0 aliphatic carbocycles. The number of likely N-dealkylation sites (tertiary alicyclic amines) is 1. The lowest BCUT2D eigenvalue weighted by Crippen LogP contribution is -2.48. The van der Waals surface area contributed by atoms with Gasteiger partial charge in [-0.1, -0.05) is 11.6 Å². The number of piperidine rings is 1. The van der Waals surface area contributed by atoms with Crippen LogP contribution in [0.2, 0.25) is 5.02 Å². The second-order valence-corrected chi connectivity index (χ2v) is 5.59. The first-order valence-electron chi connectivity index (χ1n) is 6.30. The molecule has 0 saturated carbocycles. The van der Waals surface area contributed by atoms with Gasteiger partial charge in [-0.05, 0) is 32.8 Å². The van der Waals surface area contributed by atoms with E-state index in [2.05, 4.69) is 0 Å². The molecule has 4 nitrogen and oxygen atoms in total. The van der Waals surface area contributed by atoms with Gasteiger partial charge in [0.1, 0.15) is 5.69 Å². The summed E-state index contributed by atoms with van der Waals surface area (Å²) < 4.78 is 1.84. The number of rotatable bonds is 2. The van der Waals surface area contributed by atoms with E-state index in [0.717, 1.165) is 12.8 Å². The minimum absolute atomic E-state index is 0.0521. The van der Waals surface area contributed by atoms with Gasteiger partial charge in [0.15, 0.2) is 0 Å². The summed E-state index contributed by atoms with van der Waals surface area (Å²) in [6.45, 7) is 5.54. The number of aryl methyl sites for hydroxylation is 1. The van der Waals surface area contributed by atoms with E-state index in [1.165, 1.54) is 0 Å². The standard InChI is InChI=1S/C13H19ClN2O2/c1-3-15-8-10(14)7-11(15)12(17)16-6-4-5-13(2,18)9-16/h7-8,18H,3-6,9H2,1-2H3. The number of amides is 1. The van der Waals surface area contributed by atoms with E-state index in [9.17, 15) is 9.90 Å². The van der Waals surface area contributed by atoms with E-state index < -0.39 is 5.60 Å². The zero-order valence-corrected chi connectivity index (χ0v) is 11.6. The van der Waals surface area contributed by atoms with Crippen LogP contribution in [-0.2, 0) is 6.54 Å². The molecule has 1 aliphatic heterocycles. The molecule has 100 valence electrons. The molecule has 1 amide bonds. The number of aliphatic hydroxyl groups is 1. The fourth-order valence-corrected chi connectivity index (χ4v) is 2.69. The molecular formula is C13H19ClN2O2. The highest BCUT2D eigenvalue weighted by Gasteiger charge is 2.32. The Kier molecular flexibility index (Phi) is 3.69. The summed E-state index contributed by atoms with van der Waals surface area (Å²) >= 11 is 5.94. The third-order valence-corrected chi connectivity index (χ3v) is 3.59. The van der Waals surface area contributed by atoms with E-state index in [4.69, 9.17) is 11.6 Å². The summed E-state index contributed by atoms with van der Waals surface area (Å²) in [4.78, 5) is 14.1. The number of hydrogen-bond donors (Lipinski definition) is 1. The van der Waals surface area contributed by atoms with E-state index in [0.29, 0.717) is 30.4 Å². The van der Waals surface area contributed by atoms with Crippen LogP contribution in [-0.4, -0.2) is 39.2 Å². The third kappa shape index (κ3) is 2.70. The molecule has 0 aromatic carbocycles. The normalized spacial score (nSPS) is 24.3. The fourth-order valence-electron chi connectivity index (χ4n) is 2.47. The Morgan fingerprint density at radius 3 is 2.94 bits per heavy atom. The van der Waals surface area contributed by atoms with Gasteiger partial charge in [0.25, 0.3) is 5.91 Å². The van der Waals surface area contributed by atoms with Crippen molar-refractivity contribution in [3.63, 3.8) is 0 Å². The lowest BCUT2D eigenvalue weighted by molar-refractivity contribution is -0.0111. The molecule has 0 bridgehead atoms. The number of aromatic nitrogens is 1. The molecule has 18 heavy (non-hydrogen) atoms. The van der Waals surface area contributed by atoms with Gasteiger partial charge < -0.3 is 14.6 Å². The number of carbonyl (C=O) groups is 1. The van der Waals surface area contributed by atoms with Gasteiger partial charge in [-0.3, -0.25) is 4.79 Å². The summed E-state index contributed by atoms with van der Waals surface area (Å²) in [5, 5.41) is 10.6. The molecule has 1 aromatic heterocycles. The maximum atomic E-state index is 12.4.